The third-order valence-electron chi connectivity index (χ3n) is 2.78. The molecule has 23 heavy (non-hydrogen) atoms. The lowest BCUT2D eigenvalue weighted by atomic mass is 10.2. The van der Waals surface area contributed by atoms with Crippen LogP contribution < -0.4 is 15.4 Å². The SMILES string of the molecule is CCCNC(=O)CNC(=O)COC(=O)c1ccc(OC)cc1O. The Morgan fingerprint density at radius 1 is 1.17 bits per heavy atom. The zero-order valence-electron chi connectivity index (χ0n) is 13.0. The molecule has 0 bridgehead atoms. The molecule has 0 aromatic heterocycles. The van der Waals surface area contributed by atoms with Crippen LogP contribution in [0.4, 0.5) is 0 Å². The molecule has 1 rings (SSSR count). The highest BCUT2D eigenvalue weighted by Gasteiger charge is 2.15. The molecule has 0 fully saturated rings. The van der Waals surface area contributed by atoms with Gasteiger partial charge in [0, 0.05) is 12.6 Å². The van der Waals surface area contributed by atoms with Gasteiger partial charge in [-0.1, -0.05) is 6.92 Å². The van der Waals surface area contributed by atoms with Gasteiger partial charge in [-0.25, -0.2) is 4.79 Å². The maximum absolute atomic E-state index is 11.8. The molecule has 1 aromatic carbocycles. The highest BCUT2D eigenvalue weighted by molar-refractivity contribution is 5.94. The van der Waals surface area contributed by atoms with Crippen molar-refractivity contribution in [1.29, 1.82) is 0 Å². The molecule has 0 unspecified atom stereocenters. The molecule has 0 heterocycles. The van der Waals surface area contributed by atoms with Crippen molar-refractivity contribution in [2.24, 2.45) is 0 Å². The number of carbonyl (C=O) groups excluding carboxylic acids is 3. The number of aromatic hydroxyl groups is 1. The number of methoxy groups -OCH3 is 1. The second kappa shape index (κ2) is 9.29. The summed E-state index contributed by atoms with van der Waals surface area (Å²) >= 11 is 0. The largest absolute Gasteiger partial charge is 0.507 e. The number of amides is 2. The second-order valence-electron chi connectivity index (χ2n) is 4.59. The fourth-order valence-corrected chi connectivity index (χ4v) is 1.58. The highest BCUT2D eigenvalue weighted by atomic mass is 16.5. The van der Waals surface area contributed by atoms with Crippen LogP contribution in [-0.4, -0.2) is 49.7 Å². The maximum Gasteiger partial charge on any atom is 0.342 e. The Bertz CT molecular complexity index is 573. The van der Waals surface area contributed by atoms with E-state index in [1.54, 1.807) is 0 Å². The normalized spacial score (nSPS) is 9.83. The first-order valence-electron chi connectivity index (χ1n) is 7.05. The summed E-state index contributed by atoms with van der Waals surface area (Å²) in [5.41, 5.74) is -0.0840. The minimum Gasteiger partial charge on any atom is -0.507 e. The Balaban J connectivity index is 2.41. The third kappa shape index (κ3) is 6.25. The lowest BCUT2D eigenvalue weighted by molar-refractivity contribution is -0.127. The summed E-state index contributed by atoms with van der Waals surface area (Å²) in [4.78, 5) is 34.6. The molecular weight excluding hydrogens is 304 g/mol. The molecule has 0 aliphatic heterocycles. The van der Waals surface area contributed by atoms with E-state index in [9.17, 15) is 19.5 Å². The average Bonchev–Trinajstić information content (AvgIpc) is 2.55. The summed E-state index contributed by atoms with van der Waals surface area (Å²) < 4.78 is 9.67. The van der Waals surface area contributed by atoms with Crippen molar-refractivity contribution in [3.63, 3.8) is 0 Å². The molecule has 0 aliphatic carbocycles. The molecule has 126 valence electrons. The summed E-state index contributed by atoms with van der Waals surface area (Å²) in [6.07, 6.45) is 0.794. The van der Waals surface area contributed by atoms with Crippen molar-refractivity contribution in [3.8, 4) is 11.5 Å². The van der Waals surface area contributed by atoms with Crippen LogP contribution in [0.15, 0.2) is 18.2 Å². The second-order valence-corrected chi connectivity index (χ2v) is 4.59. The van der Waals surface area contributed by atoms with Crippen molar-refractivity contribution >= 4 is 17.8 Å². The standard InChI is InChI=1S/C15H20N2O6/c1-3-6-16-13(19)8-17-14(20)9-23-15(21)11-5-4-10(22-2)7-12(11)18/h4-5,7,18H,3,6,8-9H2,1-2H3,(H,16,19)(H,17,20). The first-order chi connectivity index (χ1) is 11.0. The molecule has 0 saturated carbocycles. The fourth-order valence-electron chi connectivity index (χ4n) is 1.58. The molecule has 0 radical (unpaired) electrons. The van der Waals surface area contributed by atoms with Crippen molar-refractivity contribution < 1.29 is 29.0 Å². The van der Waals surface area contributed by atoms with Gasteiger partial charge in [0.05, 0.1) is 13.7 Å². The van der Waals surface area contributed by atoms with Crippen LogP contribution in [0.25, 0.3) is 0 Å². The Morgan fingerprint density at radius 2 is 1.91 bits per heavy atom. The Kier molecular flexibility index (Phi) is 7.38. The molecular formula is C15H20N2O6. The lowest BCUT2D eigenvalue weighted by Gasteiger charge is -2.08. The fraction of sp³-hybridized carbons (Fsp3) is 0.400. The summed E-state index contributed by atoms with van der Waals surface area (Å²) in [6, 6.07) is 4.07. The number of ether oxygens (including phenoxy) is 2. The van der Waals surface area contributed by atoms with Gasteiger partial charge in [0.25, 0.3) is 5.91 Å². The topological polar surface area (TPSA) is 114 Å². The molecule has 2 amide bonds. The van der Waals surface area contributed by atoms with Crippen LogP contribution in [-0.2, 0) is 14.3 Å². The van der Waals surface area contributed by atoms with Gasteiger partial charge in [0.1, 0.15) is 17.1 Å². The van der Waals surface area contributed by atoms with E-state index in [0.29, 0.717) is 12.3 Å². The van der Waals surface area contributed by atoms with Gasteiger partial charge >= 0.3 is 5.97 Å². The number of carbonyl (C=O) groups is 3. The van der Waals surface area contributed by atoms with Crippen LogP contribution in [0.1, 0.15) is 23.7 Å². The van der Waals surface area contributed by atoms with Gasteiger partial charge in [-0.2, -0.15) is 0 Å². The van der Waals surface area contributed by atoms with Gasteiger partial charge in [0.2, 0.25) is 5.91 Å². The van der Waals surface area contributed by atoms with Crippen LogP contribution in [0.3, 0.4) is 0 Å². The van der Waals surface area contributed by atoms with Crippen molar-refractivity contribution in [3.05, 3.63) is 23.8 Å². The summed E-state index contributed by atoms with van der Waals surface area (Å²) in [5.74, 6) is -1.71. The zero-order valence-corrected chi connectivity index (χ0v) is 13.0. The van der Waals surface area contributed by atoms with E-state index in [2.05, 4.69) is 10.6 Å². The van der Waals surface area contributed by atoms with Crippen LogP contribution >= 0.6 is 0 Å². The molecule has 8 heteroatoms. The van der Waals surface area contributed by atoms with Crippen LogP contribution in [0.2, 0.25) is 0 Å². The van der Waals surface area contributed by atoms with Gasteiger partial charge in [-0.3, -0.25) is 9.59 Å². The van der Waals surface area contributed by atoms with E-state index in [1.807, 2.05) is 6.92 Å². The molecule has 0 aliphatic rings. The number of phenolic OH excluding ortho intramolecular Hbond substituents is 1. The predicted molar refractivity (Wildman–Crippen MR) is 81.3 cm³/mol. The number of benzene rings is 1. The minimum atomic E-state index is -0.851. The first-order valence-corrected chi connectivity index (χ1v) is 7.05. The van der Waals surface area contributed by atoms with E-state index in [4.69, 9.17) is 9.47 Å². The van der Waals surface area contributed by atoms with Crippen LogP contribution in [0.5, 0.6) is 11.5 Å². The monoisotopic (exact) mass is 324 g/mol. The highest BCUT2D eigenvalue weighted by Crippen LogP contribution is 2.23. The Hall–Kier alpha value is -2.77. The maximum atomic E-state index is 11.8. The molecule has 8 nitrogen and oxygen atoms in total. The molecule has 1 aromatic rings. The zero-order chi connectivity index (χ0) is 17.2. The number of hydrogen-bond acceptors (Lipinski definition) is 6. The average molecular weight is 324 g/mol. The summed E-state index contributed by atoms with van der Waals surface area (Å²) in [7, 11) is 1.42. The van der Waals surface area contributed by atoms with Gasteiger partial charge in [-0.15, -0.1) is 0 Å². The number of esters is 1. The van der Waals surface area contributed by atoms with E-state index in [-0.39, 0.29) is 23.8 Å². The number of rotatable bonds is 8. The lowest BCUT2D eigenvalue weighted by Crippen LogP contribution is -2.38. The van der Waals surface area contributed by atoms with E-state index < -0.39 is 18.5 Å². The van der Waals surface area contributed by atoms with E-state index in [1.165, 1.54) is 25.3 Å². The number of hydrogen-bond donors (Lipinski definition) is 3. The van der Waals surface area contributed by atoms with Gasteiger partial charge in [0.15, 0.2) is 6.61 Å². The Morgan fingerprint density at radius 3 is 2.52 bits per heavy atom. The predicted octanol–water partition coefficient (Wildman–Crippen LogP) is 0.200. The molecule has 0 atom stereocenters. The third-order valence-corrected chi connectivity index (χ3v) is 2.78. The number of phenols is 1. The van der Waals surface area contributed by atoms with Gasteiger partial charge < -0.3 is 25.2 Å². The van der Waals surface area contributed by atoms with Crippen molar-refractivity contribution in [2.75, 3.05) is 26.8 Å². The Labute approximate surface area is 133 Å². The van der Waals surface area contributed by atoms with E-state index in [0.717, 1.165) is 6.42 Å². The van der Waals surface area contributed by atoms with Crippen molar-refractivity contribution in [2.45, 2.75) is 13.3 Å². The first kappa shape index (κ1) is 18.3. The molecule has 3 N–H and O–H groups in total. The van der Waals surface area contributed by atoms with Crippen molar-refractivity contribution in [1.82, 2.24) is 10.6 Å². The molecule has 0 saturated heterocycles. The van der Waals surface area contributed by atoms with Crippen LogP contribution in [0, 0.1) is 0 Å². The molecule has 0 spiro atoms. The smallest absolute Gasteiger partial charge is 0.342 e. The van der Waals surface area contributed by atoms with Gasteiger partial charge in [-0.05, 0) is 18.6 Å². The van der Waals surface area contributed by atoms with E-state index >= 15 is 0 Å². The minimum absolute atomic E-state index is 0.0840. The quantitative estimate of drug-likeness (QED) is 0.589. The summed E-state index contributed by atoms with van der Waals surface area (Å²) in [5, 5.41) is 14.6. The number of nitrogens with one attached hydrogen (secondary N) is 2. The summed E-state index contributed by atoms with van der Waals surface area (Å²) in [6.45, 7) is 1.70.